The second-order valence-electron chi connectivity index (χ2n) is 5.89. The number of hydrogen-bond acceptors (Lipinski definition) is 4. The molecule has 1 fully saturated rings. The Balaban J connectivity index is 1.67. The Bertz CT molecular complexity index is 650. The molecule has 1 aliphatic carbocycles. The minimum Gasteiger partial charge on any atom is -0.330 e. The molecule has 4 nitrogen and oxygen atoms in total. The number of rotatable bonds is 4. The fourth-order valence-corrected chi connectivity index (χ4v) is 3.89. The van der Waals surface area contributed by atoms with Gasteiger partial charge in [-0.15, -0.1) is 11.3 Å². The van der Waals surface area contributed by atoms with E-state index >= 15 is 0 Å². The summed E-state index contributed by atoms with van der Waals surface area (Å²) < 4.78 is 0. The van der Waals surface area contributed by atoms with Gasteiger partial charge in [0.05, 0.1) is 0 Å². The van der Waals surface area contributed by atoms with Gasteiger partial charge in [-0.1, -0.05) is 6.42 Å². The quantitative estimate of drug-likeness (QED) is 0.908. The van der Waals surface area contributed by atoms with Crippen molar-refractivity contribution in [2.24, 2.45) is 17.6 Å². The van der Waals surface area contributed by atoms with Crippen molar-refractivity contribution in [2.75, 3.05) is 11.9 Å². The number of nitrogens with two attached hydrogens (primary N) is 1. The molecule has 0 unspecified atom stereocenters. The molecule has 1 heterocycles. The van der Waals surface area contributed by atoms with E-state index in [0.29, 0.717) is 12.5 Å². The zero-order chi connectivity index (χ0) is 15.5. The molecule has 1 saturated carbocycles. The van der Waals surface area contributed by atoms with E-state index in [1.165, 1.54) is 0 Å². The number of aryl methyl sites for hydroxylation is 1. The maximum absolute atomic E-state index is 12.4. The normalized spacial score (nSPS) is 21.0. The Labute approximate surface area is 134 Å². The Morgan fingerprint density at radius 1 is 1.36 bits per heavy atom. The van der Waals surface area contributed by atoms with Crippen molar-refractivity contribution >= 4 is 22.9 Å². The summed E-state index contributed by atoms with van der Waals surface area (Å²) in [7, 11) is 0. The van der Waals surface area contributed by atoms with Crippen LogP contribution in [0, 0.1) is 18.8 Å². The minimum absolute atomic E-state index is 0.0614. The number of hydrogen-bond donors (Lipinski definition) is 2. The Morgan fingerprint density at radius 2 is 2.14 bits per heavy atom. The van der Waals surface area contributed by atoms with E-state index in [9.17, 15) is 4.79 Å². The number of carbonyl (C=O) groups is 1. The van der Waals surface area contributed by atoms with Gasteiger partial charge in [0.2, 0.25) is 5.91 Å². The van der Waals surface area contributed by atoms with Gasteiger partial charge >= 0.3 is 0 Å². The van der Waals surface area contributed by atoms with E-state index in [1.54, 1.807) is 11.3 Å². The van der Waals surface area contributed by atoms with Crippen LogP contribution >= 0.6 is 11.3 Å². The van der Waals surface area contributed by atoms with E-state index in [-0.39, 0.29) is 11.8 Å². The number of benzene rings is 1. The van der Waals surface area contributed by atoms with Crippen LogP contribution in [0.25, 0.3) is 10.6 Å². The standard InChI is InChI=1S/C17H21N3OS/c1-11-10-22-17(19-11)12-5-7-14(8-6-12)20-16(21)15-4-2-3-13(15)9-18/h5-8,10,13,15H,2-4,9,18H2,1H3,(H,20,21)/t13-,15-/m1/s1. The van der Waals surface area contributed by atoms with E-state index in [1.807, 2.05) is 36.6 Å². The van der Waals surface area contributed by atoms with Gasteiger partial charge in [-0.2, -0.15) is 0 Å². The molecule has 0 saturated heterocycles. The highest BCUT2D eigenvalue weighted by molar-refractivity contribution is 7.13. The van der Waals surface area contributed by atoms with Gasteiger partial charge < -0.3 is 11.1 Å². The number of amides is 1. The molecule has 1 aromatic heterocycles. The summed E-state index contributed by atoms with van der Waals surface area (Å²) in [5.74, 6) is 0.495. The topological polar surface area (TPSA) is 68.0 Å². The summed E-state index contributed by atoms with van der Waals surface area (Å²) in [6, 6.07) is 7.89. The molecule has 0 aliphatic heterocycles. The second-order valence-corrected chi connectivity index (χ2v) is 6.75. The molecule has 3 N–H and O–H groups in total. The van der Waals surface area contributed by atoms with Gasteiger partial charge in [-0.05, 0) is 56.5 Å². The molecule has 5 heteroatoms. The summed E-state index contributed by atoms with van der Waals surface area (Å²) in [6.45, 7) is 2.59. The van der Waals surface area contributed by atoms with Gasteiger partial charge in [0, 0.05) is 28.2 Å². The molecule has 3 rings (SSSR count). The predicted molar refractivity (Wildman–Crippen MR) is 90.8 cm³/mol. The van der Waals surface area contributed by atoms with Gasteiger partial charge in [0.25, 0.3) is 0 Å². The van der Waals surface area contributed by atoms with E-state index in [4.69, 9.17) is 5.73 Å². The third-order valence-corrected chi connectivity index (χ3v) is 5.33. The Morgan fingerprint density at radius 3 is 2.77 bits per heavy atom. The average molecular weight is 315 g/mol. The van der Waals surface area contributed by atoms with Crippen molar-refractivity contribution in [3.8, 4) is 10.6 Å². The van der Waals surface area contributed by atoms with Gasteiger partial charge in [0.1, 0.15) is 5.01 Å². The first-order valence-corrected chi connectivity index (χ1v) is 8.59. The van der Waals surface area contributed by atoms with Crippen molar-refractivity contribution < 1.29 is 4.79 Å². The van der Waals surface area contributed by atoms with Crippen LogP contribution in [0.15, 0.2) is 29.6 Å². The molecular weight excluding hydrogens is 294 g/mol. The van der Waals surface area contributed by atoms with E-state index in [0.717, 1.165) is 41.2 Å². The number of thiazole rings is 1. The van der Waals surface area contributed by atoms with Crippen molar-refractivity contribution in [1.82, 2.24) is 4.98 Å². The Kier molecular flexibility index (Phi) is 4.55. The lowest BCUT2D eigenvalue weighted by Crippen LogP contribution is -2.29. The highest BCUT2D eigenvalue weighted by atomic mass is 32.1. The minimum atomic E-state index is 0.0614. The molecular formula is C17H21N3OS. The average Bonchev–Trinajstić information content (AvgIpc) is 3.16. The molecule has 1 aliphatic rings. The summed E-state index contributed by atoms with van der Waals surface area (Å²) in [4.78, 5) is 16.8. The van der Waals surface area contributed by atoms with Gasteiger partial charge in [-0.3, -0.25) is 4.79 Å². The summed E-state index contributed by atoms with van der Waals surface area (Å²) in [6.07, 6.45) is 3.11. The fraction of sp³-hybridized carbons (Fsp3) is 0.412. The predicted octanol–water partition coefficient (Wildman–Crippen LogP) is 3.43. The third kappa shape index (κ3) is 3.20. The van der Waals surface area contributed by atoms with Crippen LogP contribution in [0.3, 0.4) is 0 Å². The van der Waals surface area contributed by atoms with Crippen LogP contribution in [0.5, 0.6) is 0 Å². The molecule has 116 valence electrons. The van der Waals surface area contributed by atoms with Crippen LogP contribution in [0.1, 0.15) is 25.0 Å². The first-order valence-electron chi connectivity index (χ1n) is 7.71. The lowest BCUT2D eigenvalue weighted by Gasteiger charge is -2.17. The van der Waals surface area contributed by atoms with Crippen molar-refractivity contribution in [2.45, 2.75) is 26.2 Å². The molecule has 1 amide bonds. The van der Waals surface area contributed by atoms with Crippen molar-refractivity contribution in [3.63, 3.8) is 0 Å². The lowest BCUT2D eigenvalue weighted by molar-refractivity contribution is -0.120. The highest BCUT2D eigenvalue weighted by Gasteiger charge is 2.31. The number of anilines is 1. The van der Waals surface area contributed by atoms with Crippen LogP contribution in [-0.2, 0) is 4.79 Å². The summed E-state index contributed by atoms with van der Waals surface area (Å²) in [5, 5.41) is 6.07. The van der Waals surface area contributed by atoms with Gasteiger partial charge in [0.15, 0.2) is 0 Å². The lowest BCUT2D eigenvalue weighted by atomic mass is 9.95. The molecule has 0 radical (unpaired) electrons. The van der Waals surface area contributed by atoms with Gasteiger partial charge in [-0.25, -0.2) is 4.98 Å². The number of carbonyl (C=O) groups excluding carboxylic acids is 1. The number of aromatic nitrogens is 1. The smallest absolute Gasteiger partial charge is 0.227 e. The first-order chi connectivity index (χ1) is 10.7. The summed E-state index contributed by atoms with van der Waals surface area (Å²) in [5.41, 5.74) is 8.71. The first kappa shape index (κ1) is 15.2. The molecule has 1 aromatic carbocycles. The molecule has 0 bridgehead atoms. The highest BCUT2D eigenvalue weighted by Crippen LogP contribution is 2.32. The van der Waals surface area contributed by atoms with E-state index < -0.39 is 0 Å². The van der Waals surface area contributed by atoms with Crippen LogP contribution in [0.2, 0.25) is 0 Å². The second kappa shape index (κ2) is 6.58. The SMILES string of the molecule is Cc1csc(-c2ccc(NC(=O)[C@@H]3CCC[C@@H]3CN)cc2)n1. The maximum atomic E-state index is 12.4. The van der Waals surface area contributed by atoms with Crippen LogP contribution < -0.4 is 11.1 Å². The van der Waals surface area contributed by atoms with Crippen molar-refractivity contribution in [1.29, 1.82) is 0 Å². The molecule has 2 atom stereocenters. The Hall–Kier alpha value is -1.72. The zero-order valence-electron chi connectivity index (χ0n) is 12.7. The van der Waals surface area contributed by atoms with Crippen LogP contribution in [0.4, 0.5) is 5.69 Å². The fourth-order valence-electron chi connectivity index (χ4n) is 3.08. The molecule has 22 heavy (non-hydrogen) atoms. The molecule has 2 aromatic rings. The van der Waals surface area contributed by atoms with E-state index in [2.05, 4.69) is 10.3 Å². The monoisotopic (exact) mass is 315 g/mol. The number of nitrogens with zero attached hydrogens (tertiary/aromatic N) is 1. The number of nitrogens with one attached hydrogen (secondary N) is 1. The van der Waals surface area contributed by atoms with Crippen molar-refractivity contribution in [3.05, 3.63) is 35.3 Å². The third-order valence-electron chi connectivity index (χ3n) is 4.32. The molecule has 0 spiro atoms. The maximum Gasteiger partial charge on any atom is 0.227 e. The van der Waals surface area contributed by atoms with Crippen LogP contribution in [-0.4, -0.2) is 17.4 Å². The zero-order valence-corrected chi connectivity index (χ0v) is 13.5. The largest absolute Gasteiger partial charge is 0.330 e. The summed E-state index contributed by atoms with van der Waals surface area (Å²) >= 11 is 1.63.